The van der Waals surface area contributed by atoms with Gasteiger partial charge in [0.2, 0.25) is 0 Å². The molecule has 0 radical (unpaired) electrons. The van der Waals surface area contributed by atoms with E-state index >= 15 is 0 Å². The van der Waals surface area contributed by atoms with Crippen LogP contribution < -0.4 is 0 Å². The number of epoxide rings is 1. The SMILES string of the molecule is C=CC(=O)OCC(CO)(CO)CO.C=CC(=O)OCC1CO1. The van der Waals surface area contributed by atoms with Crippen LogP contribution in [0.5, 0.6) is 0 Å². The third-order valence-electron chi connectivity index (χ3n) is 2.67. The van der Waals surface area contributed by atoms with E-state index in [-0.39, 0.29) is 18.7 Å². The second kappa shape index (κ2) is 10.9. The lowest BCUT2D eigenvalue weighted by Gasteiger charge is -2.26. The van der Waals surface area contributed by atoms with Crippen LogP contribution in [0.3, 0.4) is 0 Å². The van der Waals surface area contributed by atoms with Gasteiger partial charge in [0.25, 0.3) is 0 Å². The van der Waals surface area contributed by atoms with Gasteiger partial charge < -0.3 is 29.5 Å². The van der Waals surface area contributed by atoms with Crippen LogP contribution in [0.2, 0.25) is 0 Å². The zero-order valence-electron chi connectivity index (χ0n) is 12.3. The predicted octanol–water partition coefficient (Wildman–Crippen LogP) is -1.21. The van der Waals surface area contributed by atoms with E-state index in [0.29, 0.717) is 13.2 Å². The molecule has 126 valence electrons. The van der Waals surface area contributed by atoms with Crippen LogP contribution >= 0.6 is 0 Å². The summed E-state index contributed by atoms with van der Waals surface area (Å²) in [5.74, 6) is -1.04. The Morgan fingerprint density at radius 1 is 1.09 bits per heavy atom. The summed E-state index contributed by atoms with van der Waals surface area (Å²) in [7, 11) is 0. The fourth-order valence-corrected chi connectivity index (χ4v) is 0.968. The molecule has 1 aliphatic rings. The van der Waals surface area contributed by atoms with Crippen molar-refractivity contribution in [3.05, 3.63) is 25.3 Å². The molecule has 1 fully saturated rings. The molecule has 0 aromatic carbocycles. The van der Waals surface area contributed by atoms with E-state index < -0.39 is 31.2 Å². The fraction of sp³-hybridized carbons (Fsp3) is 0.571. The lowest BCUT2D eigenvalue weighted by Crippen LogP contribution is -2.39. The van der Waals surface area contributed by atoms with Crippen molar-refractivity contribution < 1.29 is 39.1 Å². The van der Waals surface area contributed by atoms with Gasteiger partial charge in [-0.25, -0.2) is 9.59 Å². The van der Waals surface area contributed by atoms with Crippen molar-refractivity contribution in [2.45, 2.75) is 6.10 Å². The largest absolute Gasteiger partial charge is 0.462 e. The van der Waals surface area contributed by atoms with Crippen molar-refractivity contribution in [3.8, 4) is 0 Å². The second-order valence-electron chi connectivity index (χ2n) is 4.58. The van der Waals surface area contributed by atoms with Gasteiger partial charge in [0.1, 0.15) is 19.3 Å². The molecule has 1 unspecified atom stereocenters. The van der Waals surface area contributed by atoms with Gasteiger partial charge in [-0.3, -0.25) is 0 Å². The van der Waals surface area contributed by atoms with Crippen molar-refractivity contribution in [2.75, 3.05) is 39.6 Å². The molecule has 22 heavy (non-hydrogen) atoms. The average Bonchev–Trinajstić information content (AvgIpc) is 3.39. The van der Waals surface area contributed by atoms with Gasteiger partial charge in [0.05, 0.1) is 31.8 Å². The van der Waals surface area contributed by atoms with Gasteiger partial charge in [0, 0.05) is 12.2 Å². The van der Waals surface area contributed by atoms with E-state index in [2.05, 4.69) is 22.6 Å². The number of carbonyl (C=O) groups is 2. The molecule has 0 aliphatic carbocycles. The van der Waals surface area contributed by atoms with Crippen LogP contribution in [0.4, 0.5) is 0 Å². The minimum absolute atomic E-state index is 0.147. The van der Waals surface area contributed by atoms with E-state index in [0.717, 1.165) is 12.2 Å². The molecule has 0 aromatic rings. The molecule has 0 amide bonds. The van der Waals surface area contributed by atoms with Gasteiger partial charge in [-0.2, -0.15) is 0 Å². The summed E-state index contributed by atoms with van der Waals surface area (Å²) >= 11 is 0. The minimum Gasteiger partial charge on any atom is -0.462 e. The Hall–Kier alpha value is -1.74. The standard InChI is InChI=1S/C8H14O5.C6H8O3/c1-2-7(12)13-6-8(3-9,4-10)5-11;1-2-6(7)9-4-5-3-8-5/h2,9-11H,1,3-6H2;2,5H,1,3-4H2. The average molecular weight is 318 g/mol. The van der Waals surface area contributed by atoms with Crippen LogP contribution in [0.15, 0.2) is 25.3 Å². The number of carbonyl (C=O) groups excluding carboxylic acids is 2. The van der Waals surface area contributed by atoms with E-state index in [4.69, 9.17) is 20.1 Å². The molecule has 1 atom stereocenters. The predicted molar refractivity (Wildman–Crippen MR) is 75.7 cm³/mol. The van der Waals surface area contributed by atoms with Crippen molar-refractivity contribution in [1.82, 2.24) is 0 Å². The number of aliphatic hydroxyl groups excluding tert-OH is 3. The topological polar surface area (TPSA) is 126 Å². The Kier molecular flexibility index (Phi) is 10.0. The summed E-state index contributed by atoms with van der Waals surface area (Å²) in [6, 6.07) is 0. The van der Waals surface area contributed by atoms with Crippen molar-refractivity contribution in [3.63, 3.8) is 0 Å². The summed E-state index contributed by atoms with van der Waals surface area (Å²) in [6.07, 6.45) is 2.26. The first kappa shape index (κ1) is 20.3. The highest BCUT2D eigenvalue weighted by atomic mass is 16.6. The zero-order valence-corrected chi connectivity index (χ0v) is 12.3. The number of hydrogen-bond donors (Lipinski definition) is 3. The van der Waals surface area contributed by atoms with Gasteiger partial charge in [-0.1, -0.05) is 13.2 Å². The van der Waals surface area contributed by atoms with E-state index in [9.17, 15) is 9.59 Å². The van der Waals surface area contributed by atoms with E-state index in [1.807, 2.05) is 0 Å². The maximum Gasteiger partial charge on any atom is 0.330 e. The number of ether oxygens (including phenoxy) is 3. The number of rotatable bonds is 9. The smallest absolute Gasteiger partial charge is 0.330 e. The first-order valence-corrected chi connectivity index (χ1v) is 6.49. The molecule has 0 saturated carbocycles. The third kappa shape index (κ3) is 8.53. The summed E-state index contributed by atoms with van der Waals surface area (Å²) in [5.41, 5.74) is -1.17. The Bertz CT molecular complexity index is 363. The van der Waals surface area contributed by atoms with Gasteiger partial charge in [-0.15, -0.1) is 0 Å². The van der Waals surface area contributed by atoms with Crippen molar-refractivity contribution in [1.29, 1.82) is 0 Å². The molecule has 8 heteroatoms. The van der Waals surface area contributed by atoms with Crippen molar-refractivity contribution >= 4 is 11.9 Å². The number of esters is 2. The van der Waals surface area contributed by atoms with Gasteiger partial charge in [-0.05, 0) is 0 Å². The molecule has 8 nitrogen and oxygen atoms in total. The van der Waals surface area contributed by atoms with E-state index in [1.54, 1.807) is 0 Å². The highest BCUT2D eigenvalue weighted by molar-refractivity contribution is 5.81. The Morgan fingerprint density at radius 2 is 1.55 bits per heavy atom. The molecular formula is C14H22O8. The summed E-state index contributed by atoms with van der Waals surface area (Å²) < 4.78 is 14.0. The second-order valence-corrected chi connectivity index (χ2v) is 4.58. The van der Waals surface area contributed by atoms with Crippen LogP contribution in [-0.4, -0.2) is 73.0 Å². The van der Waals surface area contributed by atoms with Crippen LogP contribution in [0, 0.1) is 5.41 Å². The Labute approximate surface area is 128 Å². The van der Waals surface area contributed by atoms with Crippen LogP contribution in [-0.2, 0) is 23.8 Å². The van der Waals surface area contributed by atoms with Crippen molar-refractivity contribution in [2.24, 2.45) is 5.41 Å². The molecule has 0 bridgehead atoms. The maximum absolute atomic E-state index is 10.6. The molecule has 0 spiro atoms. The van der Waals surface area contributed by atoms with Gasteiger partial charge >= 0.3 is 11.9 Å². The Morgan fingerprint density at radius 3 is 1.91 bits per heavy atom. The zero-order chi connectivity index (χ0) is 17.0. The molecule has 1 rings (SSSR count). The quantitative estimate of drug-likeness (QED) is 0.275. The number of hydrogen-bond acceptors (Lipinski definition) is 8. The summed E-state index contributed by atoms with van der Waals surface area (Å²) in [6.45, 7) is 5.90. The normalized spacial score (nSPS) is 15.9. The summed E-state index contributed by atoms with van der Waals surface area (Å²) in [5, 5.41) is 26.5. The highest BCUT2D eigenvalue weighted by Gasteiger charge is 2.29. The lowest BCUT2D eigenvalue weighted by atomic mass is 9.93. The first-order chi connectivity index (χ1) is 10.5. The molecular weight excluding hydrogens is 296 g/mol. The van der Waals surface area contributed by atoms with Crippen LogP contribution in [0.1, 0.15) is 0 Å². The fourth-order valence-electron chi connectivity index (χ4n) is 0.968. The molecule has 1 heterocycles. The number of aliphatic hydroxyl groups is 3. The minimum atomic E-state index is -1.17. The third-order valence-corrected chi connectivity index (χ3v) is 2.67. The lowest BCUT2D eigenvalue weighted by molar-refractivity contribution is -0.145. The molecule has 1 aliphatic heterocycles. The van der Waals surface area contributed by atoms with Gasteiger partial charge in [0.15, 0.2) is 0 Å². The molecule has 1 saturated heterocycles. The monoisotopic (exact) mass is 318 g/mol. The first-order valence-electron chi connectivity index (χ1n) is 6.49. The maximum atomic E-state index is 10.6. The highest BCUT2D eigenvalue weighted by Crippen LogP contribution is 2.14. The Balaban J connectivity index is 0.000000425. The van der Waals surface area contributed by atoms with E-state index in [1.165, 1.54) is 0 Å². The van der Waals surface area contributed by atoms with Crippen LogP contribution in [0.25, 0.3) is 0 Å². The molecule has 3 N–H and O–H groups in total. The molecule has 0 aromatic heterocycles. The summed E-state index contributed by atoms with van der Waals surface area (Å²) in [4.78, 5) is 21.0.